The number of nitrogen functional groups attached to an aromatic ring is 1. The van der Waals surface area contributed by atoms with Crippen molar-refractivity contribution in [3.05, 3.63) is 95.0 Å². The fraction of sp³-hybridized carbons (Fsp3) is 0.0400. The highest BCUT2D eigenvalue weighted by molar-refractivity contribution is 9.10. The van der Waals surface area contributed by atoms with Crippen molar-refractivity contribution in [2.24, 2.45) is 0 Å². The summed E-state index contributed by atoms with van der Waals surface area (Å²) in [6, 6.07) is 28.4. The highest BCUT2D eigenvalue weighted by atomic mass is 79.9. The second-order valence-corrected chi connectivity index (χ2v) is 8.18. The summed E-state index contributed by atoms with van der Waals surface area (Å²) in [6.07, 6.45) is 0. The summed E-state index contributed by atoms with van der Waals surface area (Å²) in [7, 11) is 0. The Morgan fingerprint density at radius 3 is 2.20 bits per heavy atom. The number of nitrogens with zero attached hydrogens (tertiary/aromatic N) is 3. The molecule has 0 saturated carbocycles. The summed E-state index contributed by atoms with van der Waals surface area (Å²) in [5, 5.41) is 5.79. The van der Waals surface area contributed by atoms with E-state index < -0.39 is 0 Å². The lowest BCUT2D eigenvalue weighted by Gasteiger charge is -2.07. The smallest absolute Gasteiger partial charge is 0.166 e. The van der Waals surface area contributed by atoms with E-state index in [9.17, 15) is 0 Å². The van der Waals surface area contributed by atoms with E-state index in [-0.39, 0.29) is 0 Å². The van der Waals surface area contributed by atoms with Crippen LogP contribution >= 0.6 is 15.9 Å². The number of hydrogen-bond donors (Lipinski definition) is 1. The Bertz CT molecular complexity index is 1340. The van der Waals surface area contributed by atoms with E-state index in [0.29, 0.717) is 5.69 Å². The lowest BCUT2D eigenvalue weighted by molar-refractivity contribution is 0.901. The molecule has 2 N–H and O–H groups in total. The molecule has 4 nitrogen and oxygen atoms in total. The molecular formula is C25H19BrN4. The molecule has 30 heavy (non-hydrogen) atoms. The molecule has 0 aliphatic rings. The monoisotopic (exact) mass is 454 g/mol. The second kappa shape index (κ2) is 7.43. The number of nitrogens with two attached hydrogens (primary N) is 1. The Balaban J connectivity index is 1.80. The minimum Gasteiger partial charge on any atom is -0.398 e. The van der Waals surface area contributed by atoms with Crippen molar-refractivity contribution in [1.82, 2.24) is 14.8 Å². The van der Waals surface area contributed by atoms with Gasteiger partial charge in [-0.15, -0.1) is 0 Å². The molecule has 0 amide bonds. The van der Waals surface area contributed by atoms with E-state index in [1.165, 1.54) is 5.56 Å². The van der Waals surface area contributed by atoms with Crippen LogP contribution in [0, 0.1) is 6.92 Å². The van der Waals surface area contributed by atoms with Gasteiger partial charge in [0, 0.05) is 21.3 Å². The van der Waals surface area contributed by atoms with Crippen LogP contribution in [0.15, 0.2) is 89.4 Å². The van der Waals surface area contributed by atoms with Crippen LogP contribution in [0.25, 0.3) is 39.2 Å². The van der Waals surface area contributed by atoms with Crippen molar-refractivity contribution in [2.75, 3.05) is 5.73 Å². The van der Waals surface area contributed by atoms with Gasteiger partial charge in [-0.3, -0.25) is 0 Å². The number of para-hydroxylation sites is 1. The standard InChI is InChI=1S/C25H19BrN4/c1-16-7-9-17(10-8-16)22-15-21(27)23-24(18-11-13-19(26)14-12-18)29-30(25(23)28-22)20-5-3-2-4-6-20/h2-15H,1H3,(H2,27,28). The molecule has 0 aliphatic heterocycles. The predicted octanol–water partition coefficient (Wildman–Crippen LogP) is 6.41. The maximum absolute atomic E-state index is 6.58. The zero-order valence-corrected chi connectivity index (χ0v) is 18.0. The zero-order valence-electron chi connectivity index (χ0n) is 16.4. The van der Waals surface area contributed by atoms with Crippen molar-refractivity contribution in [2.45, 2.75) is 6.92 Å². The number of fused-ring (bicyclic) bond motifs is 1. The maximum Gasteiger partial charge on any atom is 0.166 e. The average molecular weight is 455 g/mol. The van der Waals surface area contributed by atoms with E-state index in [2.05, 4.69) is 47.1 Å². The first-order chi connectivity index (χ1) is 14.6. The van der Waals surface area contributed by atoms with Gasteiger partial charge in [0.15, 0.2) is 5.65 Å². The summed E-state index contributed by atoms with van der Waals surface area (Å²) in [6.45, 7) is 2.07. The predicted molar refractivity (Wildman–Crippen MR) is 127 cm³/mol. The largest absolute Gasteiger partial charge is 0.398 e. The summed E-state index contributed by atoms with van der Waals surface area (Å²) >= 11 is 3.50. The van der Waals surface area contributed by atoms with Gasteiger partial charge in [-0.1, -0.05) is 76.1 Å². The molecule has 5 heteroatoms. The van der Waals surface area contributed by atoms with E-state index >= 15 is 0 Å². The Kier molecular flexibility index (Phi) is 4.60. The molecule has 0 unspecified atom stereocenters. The lowest BCUT2D eigenvalue weighted by Crippen LogP contribution is -1.99. The number of aryl methyl sites for hydroxylation is 1. The molecule has 0 atom stereocenters. The van der Waals surface area contributed by atoms with Crippen molar-refractivity contribution in [3.8, 4) is 28.2 Å². The van der Waals surface area contributed by atoms with Crippen molar-refractivity contribution < 1.29 is 0 Å². The second-order valence-electron chi connectivity index (χ2n) is 7.26. The minimum atomic E-state index is 0.663. The Morgan fingerprint density at radius 2 is 1.50 bits per heavy atom. The Hall–Kier alpha value is -3.44. The molecule has 146 valence electrons. The van der Waals surface area contributed by atoms with E-state index in [0.717, 1.165) is 43.7 Å². The molecule has 3 aromatic carbocycles. The highest BCUT2D eigenvalue weighted by Gasteiger charge is 2.19. The molecule has 0 saturated heterocycles. The normalized spacial score (nSPS) is 11.1. The topological polar surface area (TPSA) is 56.7 Å². The van der Waals surface area contributed by atoms with Gasteiger partial charge in [0.05, 0.1) is 16.8 Å². The summed E-state index contributed by atoms with van der Waals surface area (Å²) in [5.74, 6) is 0. The molecule has 0 bridgehead atoms. The zero-order chi connectivity index (χ0) is 20.7. The van der Waals surface area contributed by atoms with Crippen LogP contribution in [0.1, 0.15) is 5.56 Å². The third kappa shape index (κ3) is 3.27. The van der Waals surface area contributed by atoms with Gasteiger partial charge in [0.1, 0.15) is 5.69 Å². The third-order valence-corrected chi connectivity index (χ3v) is 5.66. The van der Waals surface area contributed by atoms with Crippen LogP contribution in [0.2, 0.25) is 0 Å². The fourth-order valence-electron chi connectivity index (χ4n) is 3.58. The number of hydrogen-bond acceptors (Lipinski definition) is 3. The van der Waals surface area contributed by atoms with Gasteiger partial charge in [0.2, 0.25) is 0 Å². The molecule has 0 fully saturated rings. The molecule has 0 radical (unpaired) electrons. The van der Waals surface area contributed by atoms with Crippen LogP contribution in [-0.2, 0) is 0 Å². The number of benzene rings is 3. The quantitative estimate of drug-likeness (QED) is 0.342. The number of pyridine rings is 1. The number of halogens is 1. The average Bonchev–Trinajstić information content (AvgIpc) is 3.15. The highest BCUT2D eigenvalue weighted by Crippen LogP contribution is 2.35. The summed E-state index contributed by atoms with van der Waals surface area (Å²) in [4.78, 5) is 4.99. The molecule has 5 aromatic rings. The van der Waals surface area contributed by atoms with Crippen molar-refractivity contribution >= 4 is 32.7 Å². The minimum absolute atomic E-state index is 0.663. The van der Waals surface area contributed by atoms with Crippen LogP contribution in [0.3, 0.4) is 0 Å². The van der Waals surface area contributed by atoms with Crippen LogP contribution in [-0.4, -0.2) is 14.8 Å². The SMILES string of the molecule is Cc1ccc(-c2cc(N)c3c(-c4ccc(Br)cc4)nn(-c4ccccc4)c3n2)cc1. The van der Waals surface area contributed by atoms with E-state index in [1.807, 2.05) is 65.3 Å². The first-order valence-corrected chi connectivity index (χ1v) is 10.5. The Morgan fingerprint density at radius 1 is 0.833 bits per heavy atom. The number of rotatable bonds is 3. The summed E-state index contributed by atoms with van der Waals surface area (Å²) < 4.78 is 2.90. The third-order valence-electron chi connectivity index (χ3n) is 5.13. The van der Waals surface area contributed by atoms with Gasteiger partial charge >= 0.3 is 0 Å². The molecule has 2 heterocycles. The van der Waals surface area contributed by atoms with Gasteiger partial charge in [0.25, 0.3) is 0 Å². The first-order valence-electron chi connectivity index (χ1n) is 9.68. The molecule has 0 spiro atoms. The Labute approximate surface area is 183 Å². The van der Waals surface area contributed by atoms with E-state index in [4.69, 9.17) is 15.8 Å². The van der Waals surface area contributed by atoms with Gasteiger partial charge in [-0.2, -0.15) is 5.10 Å². The maximum atomic E-state index is 6.58. The van der Waals surface area contributed by atoms with Gasteiger partial charge < -0.3 is 5.73 Å². The van der Waals surface area contributed by atoms with Crippen molar-refractivity contribution in [1.29, 1.82) is 0 Å². The van der Waals surface area contributed by atoms with E-state index in [1.54, 1.807) is 0 Å². The van der Waals surface area contributed by atoms with Crippen molar-refractivity contribution in [3.63, 3.8) is 0 Å². The van der Waals surface area contributed by atoms with Crippen LogP contribution in [0.4, 0.5) is 5.69 Å². The number of anilines is 1. The fourth-order valence-corrected chi connectivity index (χ4v) is 3.84. The molecule has 2 aromatic heterocycles. The van der Waals surface area contributed by atoms with Crippen LogP contribution < -0.4 is 5.73 Å². The van der Waals surface area contributed by atoms with Gasteiger partial charge in [-0.05, 0) is 37.3 Å². The molecule has 5 rings (SSSR count). The summed E-state index contributed by atoms with van der Waals surface area (Å²) in [5.41, 5.74) is 13.8. The number of aromatic nitrogens is 3. The van der Waals surface area contributed by atoms with Crippen LogP contribution in [0.5, 0.6) is 0 Å². The van der Waals surface area contributed by atoms with Gasteiger partial charge in [-0.25, -0.2) is 9.67 Å². The lowest BCUT2D eigenvalue weighted by atomic mass is 10.1. The first kappa shape index (κ1) is 18.6. The molecular weight excluding hydrogens is 436 g/mol. The molecule has 0 aliphatic carbocycles.